The number of amides is 4. The molecular weight excluding hydrogens is 628 g/mol. The highest BCUT2D eigenvalue weighted by molar-refractivity contribution is 6.32. The van der Waals surface area contributed by atoms with Crippen molar-refractivity contribution in [1.29, 1.82) is 0 Å². The van der Waals surface area contributed by atoms with Crippen LogP contribution in [-0.2, 0) is 31.0 Å². The highest BCUT2D eigenvalue weighted by Gasteiger charge is 2.70. The number of aromatic hydroxyl groups is 1. The highest BCUT2D eigenvalue weighted by atomic mass is 35.5. The van der Waals surface area contributed by atoms with Gasteiger partial charge in [0.25, 0.3) is 0 Å². The topological polar surface area (TPSA) is 104 Å². The number of nitrogens with zero attached hydrogens (tertiary/aromatic N) is 2. The fourth-order valence-electron chi connectivity index (χ4n) is 9.22. The molecule has 3 aromatic rings. The summed E-state index contributed by atoms with van der Waals surface area (Å²) < 4.78 is 6.17. The molecule has 9 heteroatoms. The molecule has 1 saturated carbocycles. The third kappa shape index (κ3) is 4.21. The third-order valence-electron chi connectivity index (χ3n) is 11.0. The van der Waals surface area contributed by atoms with Gasteiger partial charge in [-0.2, -0.15) is 0 Å². The second-order valence-corrected chi connectivity index (χ2v) is 15.0. The van der Waals surface area contributed by atoms with Crippen molar-refractivity contribution < 1.29 is 29.0 Å². The number of hydrogen-bond acceptors (Lipinski definition) is 6. The maximum absolute atomic E-state index is 15.3. The molecule has 0 radical (unpaired) electrons. The van der Waals surface area contributed by atoms with E-state index in [9.17, 15) is 19.5 Å². The molecule has 5 aliphatic rings. The van der Waals surface area contributed by atoms with Crippen LogP contribution in [0.25, 0.3) is 0 Å². The Morgan fingerprint density at radius 1 is 0.896 bits per heavy atom. The van der Waals surface area contributed by atoms with E-state index in [1.807, 2.05) is 57.2 Å². The molecule has 48 heavy (non-hydrogen) atoms. The normalized spacial score (nSPS) is 29.5. The van der Waals surface area contributed by atoms with Crippen molar-refractivity contribution in [3.05, 3.63) is 112 Å². The molecule has 4 amide bonds. The summed E-state index contributed by atoms with van der Waals surface area (Å²) in [6.07, 6.45) is 4.65. The standard InChI is InChI=1S/C39H35ClN2O6/c1-38(2,3)42-34(44)28-14-13-27-29(32(28)36(42)46)19-30-35(45)41(25-11-7-10-24(40)18-25)37(47)39(30,23-8-5-4-6-9-23)33(27)22-16-21-17-26(43)12-15-31(21)48-20-22/h4-13,15,17-18,20,28-30,32-33,43H,14,16,19H2,1-3H3/t28-,29+,30-,32-,33-,39+/m0/s1. The summed E-state index contributed by atoms with van der Waals surface area (Å²) in [6, 6.07) is 21.1. The van der Waals surface area contributed by atoms with Crippen LogP contribution in [0.15, 0.2) is 96.3 Å². The van der Waals surface area contributed by atoms with Crippen molar-refractivity contribution in [2.24, 2.45) is 29.6 Å². The Balaban J connectivity index is 1.37. The first-order chi connectivity index (χ1) is 22.9. The molecule has 3 heterocycles. The van der Waals surface area contributed by atoms with E-state index in [1.165, 1.54) is 9.80 Å². The number of carbonyl (C=O) groups is 4. The first-order valence-electron chi connectivity index (χ1n) is 16.4. The summed E-state index contributed by atoms with van der Waals surface area (Å²) >= 11 is 6.40. The summed E-state index contributed by atoms with van der Waals surface area (Å²) in [6.45, 7) is 5.58. The lowest BCUT2D eigenvalue weighted by molar-refractivity contribution is -0.145. The predicted molar refractivity (Wildman–Crippen MR) is 179 cm³/mol. The SMILES string of the molecule is CC(C)(C)N1C(=O)[C@H]2[C@H](CC=C3[C@H](C4=COc5ccc(O)cc5C4)[C@]4(c5ccccc5)C(=O)N(c5cccc(Cl)c5)C(=O)[C@@H]4C[C@H]32)C1=O. The zero-order valence-corrected chi connectivity index (χ0v) is 27.6. The molecule has 6 atom stereocenters. The number of rotatable bonds is 3. The van der Waals surface area contributed by atoms with Crippen LogP contribution in [0.1, 0.15) is 44.7 Å². The lowest BCUT2D eigenvalue weighted by Crippen LogP contribution is -2.55. The van der Waals surface area contributed by atoms with Gasteiger partial charge in [-0.05, 0) is 87.1 Å². The van der Waals surface area contributed by atoms with Gasteiger partial charge in [0.15, 0.2) is 0 Å². The van der Waals surface area contributed by atoms with Crippen LogP contribution in [0.3, 0.4) is 0 Å². The third-order valence-corrected chi connectivity index (χ3v) is 11.2. The largest absolute Gasteiger partial charge is 0.508 e. The molecule has 244 valence electrons. The Kier molecular flexibility index (Phi) is 6.80. The van der Waals surface area contributed by atoms with E-state index in [-0.39, 0.29) is 35.8 Å². The van der Waals surface area contributed by atoms with E-state index in [0.717, 1.165) is 16.7 Å². The number of imide groups is 2. The Hall–Kier alpha value is -4.69. The molecule has 0 bridgehead atoms. The van der Waals surface area contributed by atoms with Crippen LogP contribution in [0.2, 0.25) is 5.02 Å². The molecule has 2 aliphatic carbocycles. The van der Waals surface area contributed by atoms with Gasteiger partial charge in [0, 0.05) is 28.5 Å². The molecule has 0 spiro atoms. The van der Waals surface area contributed by atoms with Crippen molar-refractivity contribution in [2.45, 2.75) is 51.0 Å². The summed E-state index contributed by atoms with van der Waals surface area (Å²) in [7, 11) is 0. The number of allylic oxidation sites excluding steroid dienone is 3. The first-order valence-corrected chi connectivity index (χ1v) is 16.8. The Labute approximate surface area is 283 Å². The quantitative estimate of drug-likeness (QED) is 0.259. The Morgan fingerprint density at radius 3 is 2.40 bits per heavy atom. The molecule has 3 fully saturated rings. The zero-order valence-electron chi connectivity index (χ0n) is 26.9. The van der Waals surface area contributed by atoms with Gasteiger partial charge in [-0.3, -0.25) is 24.1 Å². The van der Waals surface area contributed by atoms with Gasteiger partial charge in [0.1, 0.15) is 11.5 Å². The molecular formula is C39H35ClN2O6. The summed E-state index contributed by atoms with van der Waals surface area (Å²) in [5, 5.41) is 10.8. The van der Waals surface area contributed by atoms with Gasteiger partial charge in [-0.25, -0.2) is 4.90 Å². The van der Waals surface area contributed by atoms with Gasteiger partial charge in [0.2, 0.25) is 23.6 Å². The number of hydrogen-bond donors (Lipinski definition) is 1. The van der Waals surface area contributed by atoms with Crippen LogP contribution in [0.4, 0.5) is 5.69 Å². The number of fused-ring (bicyclic) bond motifs is 5. The molecule has 8 nitrogen and oxygen atoms in total. The molecule has 3 aliphatic heterocycles. The Bertz CT molecular complexity index is 1980. The van der Waals surface area contributed by atoms with Crippen LogP contribution in [0.5, 0.6) is 11.5 Å². The number of phenolic OH excluding ortho intramolecular Hbond substituents is 1. The van der Waals surface area contributed by atoms with Crippen molar-refractivity contribution in [3.63, 3.8) is 0 Å². The molecule has 8 rings (SSSR count). The van der Waals surface area contributed by atoms with Gasteiger partial charge in [-0.1, -0.05) is 59.6 Å². The van der Waals surface area contributed by atoms with Crippen molar-refractivity contribution in [2.75, 3.05) is 4.90 Å². The Morgan fingerprint density at radius 2 is 1.67 bits per heavy atom. The second kappa shape index (κ2) is 10.7. The smallest absolute Gasteiger partial charge is 0.246 e. The molecule has 2 saturated heterocycles. The van der Waals surface area contributed by atoms with Crippen LogP contribution in [0, 0.1) is 29.6 Å². The molecule has 1 N–H and O–H groups in total. The van der Waals surface area contributed by atoms with Crippen molar-refractivity contribution >= 4 is 40.9 Å². The predicted octanol–water partition coefficient (Wildman–Crippen LogP) is 6.36. The van der Waals surface area contributed by atoms with E-state index < -0.39 is 40.5 Å². The van der Waals surface area contributed by atoms with Gasteiger partial charge in [-0.15, -0.1) is 0 Å². The summed E-state index contributed by atoms with van der Waals surface area (Å²) in [5.41, 5.74) is 1.37. The van der Waals surface area contributed by atoms with E-state index in [4.69, 9.17) is 16.3 Å². The van der Waals surface area contributed by atoms with E-state index in [1.54, 1.807) is 48.7 Å². The number of benzene rings is 3. The maximum Gasteiger partial charge on any atom is 0.246 e. The average Bonchev–Trinajstić information content (AvgIpc) is 3.45. The van der Waals surface area contributed by atoms with E-state index in [0.29, 0.717) is 34.9 Å². The molecule has 3 aromatic carbocycles. The fraction of sp³-hybridized carbons (Fsp3) is 0.333. The fourth-order valence-corrected chi connectivity index (χ4v) is 9.41. The summed E-state index contributed by atoms with van der Waals surface area (Å²) in [4.78, 5) is 60.9. The average molecular weight is 663 g/mol. The van der Waals surface area contributed by atoms with Crippen LogP contribution in [-0.4, -0.2) is 39.2 Å². The number of carbonyl (C=O) groups excluding carboxylic acids is 4. The number of ether oxygens (including phenoxy) is 1. The first kappa shape index (κ1) is 30.6. The monoisotopic (exact) mass is 662 g/mol. The van der Waals surface area contributed by atoms with Gasteiger partial charge < -0.3 is 9.84 Å². The van der Waals surface area contributed by atoms with Crippen LogP contribution < -0.4 is 9.64 Å². The lowest BCUT2D eigenvalue weighted by Gasteiger charge is -2.51. The number of phenols is 1. The van der Waals surface area contributed by atoms with Crippen LogP contribution >= 0.6 is 11.6 Å². The maximum atomic E-state index is 15.3. The number of likely N-dealkylation sites (tertiary alicyclic amines) is 1. The molecule has 0 aromatic heterocycles. The summed E-state index contributed by atoms with van der Waals surface area (Å²) in [5.74, 6) is -3.65. The molecule has 0 unspecified atom stereocenters. The van der Waals surface area contributed by atoms with Crippen molar-refractivity contribution in [1.82, 2.24) is 4.90 Å². The van der Waals surface area contributed by atoms with Gasteiger partial charge in [0.05, 0.1) is 35.1 Å². The van der Waals surface area contributed by atoms with E-state index in [2.05, 4.69) is 0 Å². The lowest BCUT2D eigenvalue weighted by atomic mass is 9.48. The zero-order chi connectivity index (χ0) is 33.7. The van der Waals surface area contributed by atoms with E-state index >= 15 is 4.79 Å². The highest BCUT2D eigenvalue weighted by Crippen LogP contribution is 2.64. The minimum atomic E-state index is -1.38. The number of halogens is 1. The van der Waals surface area contributed by atoms with Gasteiger partial charge >= 0.3 is 0 Å². The second-order valence-electron chi connectivity index (χ2n) is 14.6. The number of anilines is 1. The minimum absolute atomic E-state index is 0.0899. The minimum Gasteiger partial charge on any atom is -0.508 e. The van der Waals surface area contributed by atoms with Crippen molar-refractivity contribution in [3.8, 4) is 11.5 Å².